The van der Waals surface area contributed by atoms with Gasteiger partial charge in [0, 0.05) is 17.7 Å². The van der Waals surface area contributed by atoms with Crippen molar-refractivity contribution in [1.82, 2.24) is 4.90 Å². The molecular formula is C22H25NO2. The van der Waals surface area contributed by atoms with E-state index in [-0.39, 0.29) is 5.78 Å². The van der Waals surface area contributed by atoms with Gasteiger partial charge in [0.05, 0.1) is 0 Å². The lowest BCUT2D eigenvalue weighted by atomic mass is 10.1. The van der Waals surface area contributed by atoms with Crippen LogP contribution >= 0.6 is 0 Å². The molecule has 1 fully saturated rings. The van der Waals surface area contributed by atoms with Gasteiger partial charge in [-0.25, -0.2) is 0 Å². The number of phenolic OH excluding ortho intramolecular Hbond substituents is 1. The number of ketones is 1. The van der Waals surface area contributed by atoms with Gasteiger partial charge < -0.3 is 5.11 Å². The van der Waals surface area contributed by atoms with E-state index in [4.69, 9.17) is 0 Å². The zero-order chi connectivity index (χ0) is 17.6. The molecule has 0 aliphatic carbocycles. The van der Waals surface area contributed by atoms with E-state index in [0.717, 1.165) is 36.3 Å². The van der Waals surface area contributed by atoms with Crippen LogP contribution in [-0.4, -0.2) is 28.9 Å². The first kappa shape index (κ1) is 17.4. The second-order valence-corrected chi connectivity index (χ2v) is 6.79. The summed E-state index contributed by atoms with van der Waals surface area (Å²) in [6.45, 7) is 4.99. The molecule has 2 aromatic carbocycles. The number of rotatable bonds is 5. The van der Waals surface area contributed by atoms with Crippen LogP contribution in [-0.2, 0) is 6.54 Å². The number of hydrogen-bond acceptors (Lipinski definition) is 3. The number of carbonyl (C=O) groups excluding carboxylic acids is 1. The van der Waals surface area contributed by atoms with Crippen LogP contribution in [0.2, 0.25) is 0 Å². The third-order valence-electron chi connectivity index (χ3n) is 4.72. The maximum absolute atomic E-state index is 12.2. The molecule has 0 atom stereocenters. The predicted octanol–water partition coefficient (Wildman–Crippen LogP) is 4.58. The van der Waals surface area contributed by atoms with Crippen molar-refractivity contribution in [2.45, 2.75) is 32.7 Å². The van der Waals surface area contributed by atoms with Gasteiger partial charge in [0.2, 0.25) is 0 Å². The topological polar surface area (TPSA) is 40.5 Å². The van der Waals surface area contributed by atoms with Gasteiger partial charge in [0.25, 0.3) is 0 Å². The first-order chi connectivity index (χ1) is 12.1. The molecule has 1 N–H and O–H groups in total. The molecule has 0 unspecified atom stereocenters. The van der Waals surface area contributed by atoms with Crippen LogP contribution in [0.5, 0.6) is 5.75 Å². The number of benzene rings is 2. The molecular weight excluding hydrogens is 310 g/mol. The first-order valence-electron chi connectivity index (χ1n) is 8.95. The molecule has 0 amide bonds. The molecule has 1 heterocycles. The average Bonchev–Trinajstić information content (AvgIpc) is 2.63. The summed E-state index contributed by atoms with van der Waals surface area (Å²) in [5, 5.41) is 10.3. The molecule has 0 radical (unpaired) electrons. The normalized spacial score (nSPS) is 15.6. The van der Waals surface area contributed by atoms with Gasteiger partial charge >= 0.3 is 0 Å². The van der Waals surface area contributed by atoms with Crippen LogP contribution in [0.4, 0.5) is 0 Å². The Labute approximate surface area is 149 Å². The van der Waals surface area contributed by atoms with Gasteiger partial charge in [0.1, 0.15) is 5.75 Å². The summed E-state index contributed by atoms with van der Waals surface area (Å²) in [5.41, 5.74) is 3.59. The first-order valence-corrected chi connectivity index (χ1v) is 8.95. The molecule has 1 saturated heterocycles. The quantitative estimate of drug-likeness (QED) is 0.642. The van der Waals surface area contributed by atoms with Gasteiger partial charge in [-0.1, -0.05) is 54.5 Å². The highest BCUT2D eigenvalue weighted by Gasteiger charge is 2.12. The standard InChI is InChI=1S/C22H25NO2/c1-17-5-9-19(10-6-17)21(24)12-8-18-7-11-20(22(25)15-18)16-23-13-3-2-4-14-23/h5-12,15,25H,2-4,13-14,16H2,1H3/b12-8+. The summed E-state index contributed by atoms with van der Waals surface area (Å²) in [5.74, 6) is 0.271. The van der Waals surface area contributed by atoms with Gasteiger partial charge in [-0.3, -0.25) is 9.69 Å². The second kappa shape index (κ2) is 8.13. The lowest BCUT2D eigenvalue weighted by molar-refractivity contribution is 0.104. The molecule has 3 rings (SSSR count). The van der Waals surface area contributed by atoms with Crippen LogP contribution in [0.1, 0.15) is 46.3 Å². The van der Waals surface area contributed by atoms with Crippen molar-refractivity contribution in [2.75, 3.05) is 13.1 Å². The molecule has 1 aliphatic heterocycles. The summed E-state index contributed by atoms with van der Waals surface area (Å²) in [7, 11) is 0. The van der Waals surface area contributed by atoms with E-state index in [2.05, 4.69) is 4.90 Å². The summed E-state index contributed by atoms with van der Waals surface area (Å²) in [4.78, 5) is 14.6. The van der Waals surface area contributed by atoms with Gasteiger partial charge in [-0.2, -0.15) is 0 Å². The van der Waals surface area contributed by atoms with Gasteiger partial charge in [0.15, 0.2) is 5.78 Å². The fraction of sp³-hybridized carbons (Fsp3) is 0.318. The largest absolute Gasteiger partial charge is 0.508 e. The third kappa shape index (κ3) is 4.80. The lowest BCUT2D eigenvalue weighted by Gasteiger charge is -2.26. The van der Waals surface area contributed by atoms with Gasteiger partial charge in [-0.15, -0.1) is 0 Å². The second-order valence-electron chi connectivity index (χ2n) is 6.79. The Morgan fingerprint density at radius 2 is 1.80 bits per heavy atom. The minimum atomic E-state index is -0.0307. The third-order valence-corrected chi connectivity index (χ3v) is 4.72. The van der Waals surface area contributed by atoms with Crippen molar-refractivity contribution in [3.8, 4) is 5.75 Å². The summed E-state index contributed by atoms with van der Waals surface area (Å²) in [6.07, 6.45) is 7.10. The van der Waals surface area contributed by atoms with E-state index < -0.39 is 0 Å². The molecule has 130 valence electrons. The molecule has 0 aromatic heterocycles. The van der Waals surface area contributed by atoms with Crippen molar-refractivity contribution in [3.63, 3.8) is 0 Å². The van der Waals surface area contributed by atoms with Crippen molar-refractivity contribution in [1.29, 1.82) is 0 Å². The minimum Gasteiger partial charge on any atom is -0.508 e. The maximum Gasteiger partial charge on any atom is 0.185 e. The number of hydrogen-bond donors (Lipinski definition) is 1. The predicted molar refractivity (Wildman–Crippen MR) is 102 cm³/mol. The Kier molecular flexibility index (Phi) is 5.67. The van der Waals surface area contributed by atoms with Crippen LogP contribution < -0.4 is 0 Å². The summed E-state index contributed by atoms with van der Waals surface area (Å²) >= 11 is 0. The molecule has 0 bridgehead atoms. The Balaban J connectivity index is 1.65. The zero-order valence-electron chi connectivity index (χ0n) is 14.7. The van der Waals surface area contributed by atoms with E-state index in [1.807, 2.05) is 43.3 Å². The molecule has 25 heavy (non-hydrogen) atoms. The van der Waals surface area contributed by atoms with Gasteiger partial charge in [-0.05, 0) is 50.6 Å². The van der Waals surface area contributed by atoms with E-state index >= 15 is 0 Å². The SMILES string of the molecule is Cc1ccc(C(=O)/C=C/c2ccc(CN3CCCCC3)c(O)c2)cc1. The number of allylic oxidation sites excluding steroid dienone is 1. The summed E-state index contributed by atoms with van der Waals surface area (Å²) < 4.78 is 0. The molecule has 3 nitrogen and oxygen atoms in total. The highest BCUT2D eigenvalue weighted by atomic mass is 16.3. The molecule has 3 heteroatoms. The van der Waals surface area contributed by atoms with Crippen molar-refractivity contribution >= 4 is 11.9 Å². The number of nitrogens with zero attached hydrogens (tertiary/aromatic N) is 1. The van der Waals surface area contributed by atoms with E-state index in [0.29, 0.717) is 11.3 Å². The number of carbonyl (C=O) groups is 1. The fourth-order valence-corrected chi connectivity index (χ4v) is 3.16. The molecule has 2 aromatic rings. The Morgan fingerprint density at radius 3 is 2.48 bits per heavy atom. The van der Waals surface area contributed by atoms with Crippen molar-refractivity contribution < 1.29 is 9.90 Å². The molecule has 1 aliphatic rings. The lowest BCUT2D eigenvalue weighted by Crippen LogP contribution is -2.29. The van der Waals surface area contributed by atoms with Crippen LogP contribution in [0.3, 0.4) is 0 Å². The maximum atomic E-state index is 12.2. The number of likely N-dealkylation sites (tertiary alicyclic amines) is 1. The highest BCUT2D eigenvalue weighted by Crippen LogP contribution is 2.23. The van der Waals surface area contributed by atoms with E-state index in [1.54, 1.807) is 18.2 Å². The van der Waals surface area contributed by atoms with Crippen LogP contribution in [0.25, 0.3) is 6.08 Å². The number of phenols is 1. The average molecular weight is 335 g/mol. The Bertz CT molecular complexity index is 756. The molecule has 0 saturated carbocycles. The van der Waals surface area contributed by atoms with E-state index in [1.165, 1.54) is 19.3 Å². The zero-order valence-corrected chi connectivity index (χ0v) is 14.7. The van der Waals surface area contributed by atoms with Crippen LogP contribution in [0.15, 0.2) is 48.5 Å². The highest BCUT2D eigenvalue weighted by molar-refractivity contribution is 6.06. The number of aryl methyl sites for hydroxylation is 1. The van der Waals surface area contributed by atoms with Crippen molar-refractivity contribution in [2.24, 2.45) is 0 Å². The fourth-order valence-electron chi connectivity index (χ4n) is 3.16. The number of aromatic hydroxyl groups is 1. The monoisotopic (exact) mass is 335 g/mol. The smallest absolute Gasteiger partial charge is 0.185 e. The number of piperidine rings is 1. The summed E-state index contributed by atoms with van der Waals surface area (Å²) in [6, 6.07) is 13.2. The molecule has 0 spiro atoms. The Morgan fingerprint density at radius 1 is 1.08 bits per heavy atom. The minimum absolute atomic E-state index is 0.0307. The Hall–Kier alpha value is -2.39. The van der Waals surface area contributed by atoms with E-state index in [9.17, 15) is 9.90 Å². The van der Waals surface area contributed by atoms with Crippen LogP contribution in [0, 0.1) is 6.92 Å². The van der Waals surface area contributed by atoms with Crippen molar-refractivity contribution in [3.05, 3.63) is 70.8 Å².